The molecule has 0 saturated heterocycles. The molecule has 0 unspecified atom stereocenters. The maximum absolute atomic E-state index is 12.5. The summed E-state index contributed by atoms with van der Waals surface area (Å²) in [6.07, 6.45) is 1.54. The van der Waals surface area contributed by atoms with E-state index in [0.717, 1.165) is 11.1 Å². The number of halogens is 1. The largest absolute Gasteiger partial charge is 0.457 e. The number of aryl methyl sites for hydroxylation is 3. The molecular weight excluding hydrogens is 396 g/mol. The molecule has 29 heavy (non-hydrogen) atoms. The van der Waals surface area contributed by atoms with E-state index in [1.807, 2.05) is 39.0 Å². The summed E-state index contributed by atoms with van der Waals surface area (Å²) in [7, 11) is 0. The number of nitrogens with one attached hydrogen (secondary N) is 1. The molecule has 3 aromatic rings. The second kappa shape index (κ2) is 8.32. The normalized spacial score (nSPS) is 10.6. The minimum atomic E-state index is -0.569. The summed E-state index contributed by atoms with van der Waals surface area (Å²) >= 11 is 6.06. The second-order valence-corrected chi connectivity index (χ2v) is 6.94. The van der Waals surface area contributed by atoms with Gasteiger partial charge in [-0.25, -0.2) is 0 Å². The van der Waals surface area contributed by atoms with Gasteiger partial charge in [0.25, 0.3) is 11.6 Å². The van der Waals surface area contributed by atoms with Gasteiger partial charge in [-0.1, -0.05) is 17.7 Å². The van der Waals surface area contributed by atoms with E-state index < -0.39 is 10.8 Å². The number of hydrogen-bond acceptors (Lipinski definition) is 5. The Morgan fingerprint density at radius 2 is 1.83 bits per heavy atom. The molecule has 0 aliphatic carbocycles. The number of carbonyl (C=O) groups excluding carboxylic acids is 1. The Labute approximate surface area is 172 Å². The summed E-state index contributed by atoms with van der Waals surface area (Å²) in [5, 5.41) is 18.2. The summed E-state index contributed by atoms with van der Waals surface area (Å²) < 4.78 is 7.33. The van der Waals surface area contributed by atoms with Crippen molar-refractivity contribution in [3.8, 4) is 11.5 Å². The highest BCUT2D eigenvalue weighted by molar-refractivity contribution is 6.34. The van der Waals surface area contributed by atoms with Crippen LogP contribution in [0.4, 0.5) is 11.4 Å². The second-order valence-electron chi connectivity index (χ2n) is 6.53. The lowest BCUT2D eigenvalue weighted by Crippen LogP contribution is -2.14. The maximum atomic E-state index is 12.5. The molecule has 0 atom stereocenters. The Kier molecular flexibility index (Phi) is 5.84. The van der Waals surface area contributed by atoms with E-state index in [1.165, 1.54) is 22.9 Å². The van der Waals surface area contributed by atoms with E-state index in [4.69, 9.17) is 16.3 Å². The molecule has 9 heteroatoms. The van der Waals surface area contributed by atoms with Crippen LogP contribution >= 0.6 is 11.6 Å². The zero-order valence-corrected chi connectivity index (χ0v) is 16.9. The number of ether oxygens (including phenoxy) is 1. The van der Waals surface area contributed by atoms with Gasteiger partial charge in [0, 0.05) is 24.9 Å². The van der Waals surface area contributed by atoms with Gasteiger partial charge in [0.2, 0.25) is 0 Å². The third kappa shape index (κ3) is 4.91. The van der Waals surface area contributed by atoms with Crippen LogP contribution in [0.5, 0.6) is 11.5 Å². The van der Waals surface area contributed by atoms with E-state index >= 15 is 0 Å². The number of nitro groups is 1. The summed E-state index contributed by atoms with van der Waals surface area (Å²) in [4.78, 5) is 23.3. The van der Waals surface area contributed by atoms with Crippen molar-refractivity contribution in [1.82, 2.24) is 9.78 Å². The standard InChI is InChI=1S/C20H19ClN4O4/c1-4-24-11-18(21)19(23-24)20(26)22-14-8-15(25(27)28)10-17(9-14)29-16-6-12(2)5-13(3)7-16/h5-11H,4H2,1-3H3,(H,22,26). The Morgan fingerprint density at radius 3 is 2.41 bits per heavy atom. The molecule has 0 aliphatic rings. The van der Waals surface area contributed by atoms with E-state index in [1.54, 1.807) is 6.20 Å². The van der Waals surface area contributed by atoms with Crippen molar-refractivity contribution in [2.24, 2.45) is 0 Å². The third-order valence-electron chi connectivity index (χ3n) is 4.05. The molecule has 1 heterocycles. The van der Waals surface area contributed by atoms with Crippen LogP contribution in [0.3, 0.4) is 0 Å². The molecule has 1 N–H and O–H groups in total. The highest BCUT2D eigenvalue weighted by Gasteiger charge is 2.18. The predicted molar refractivity (Wildman–Crippen MR) is 110 cm³/mol. The monoisotopic (exact) mass is 414 g/mol. The molecule has 0 fully saturated rings. The van der Waals surface area contributed by atoms with Crippen LogP contribution in [0, 0.1) is 24.0 Å². The Hall–Kier alpha value is -3.39. The number of nitrogens with zero attached hydrogens (tertiary/aromatic N) is 3. The molecule has 0 spiro atoms. The number of anilines is 1. The highest BCUT2D eigenvalue weighted by atomic mass is 35.5. The lowest BCUT2D eigenvalue weighted by Gasteiger charge is -2.10. The average Bonchev–Trinajstić information content (AvgIpc) is 3.01. The number of carbonyl (C=O) groups is 1. The molecule has 0 saturated carbocycles. The van der Waals surface area contributed by atoms with Gasteiger partial charge in [-0.05, 0) is 44.0 Å². The number of nitro benzene ring substituents is 1. The third-order valence-corrected chi connectivity index (χ3v) is 4.32. The van der Waals surface area contributed by atoms with E-state index in [-0.39, 0.29) is 27.8 Å². The first kappa shape index (κ1) is 20.3. The Bertz CT molecular complexity index is 1070. The van der Waals surface area contributed by atoms with Crippen LogP contribution < -0.4 is 10.1 Å². The molecule has 0 bridgehead atoms. The highest BCUT2D eigenvalue weighted by Crippen LogP contribution is 2.31. The van der Waals surface area contributed by atoms with Gasteiger partial charge in [-0.15, -0.1) is 0 Å². The Morgan fingerprint density at radius 1 is 1.17 bits per heavy atom. The van der Waals surface area contributed by atoms with Crippen molar-refractivity contribution in [1.29, 1.82) is 0 Å². The van der Waals surface area contributed by atoms with Crippen molar-refractivity contribution < 1.29 is 14.5 Å². The van der Waals surface area contributed by atoms with Crippen molar-refractivity contribution in [2.45, 2.75) is 27.3 Å². The van der Waals surface area contributed by atoms with Gasteiger partial charge in [0.15, 0.2) is 5.69 Å². The molecule has 150 valence electrons. The SMILES string of the molecule is CCn1cc(Cl)c(C(=O)Nc2cc(Oc3cc(C)cc(C)c3)cc([N+](=O)[O-])c2)n1. The number of hydrogen-bond donors (Lipinski definition) is 1. The topological polar surface area (TPSA) is 99.3 Å². The van der Waals surface area contributed by atoms with E-state index in [9.17, 15) is 14.9 Å². The molecule has 0 aliphatic heterocycles. The minimum absolute atomic E-state index is 0.0387. The van der Waals surface area contributed by atoms with Gasteiger partial charge in [-0.3, -0.25) is 19.6 Å². The van der Waals surface area contributed by atoms with Crippen LogP contribution in [0.25, 0.3) is 0 Å². The van der Waals surface area contributed by atoms with E-state index in [0.29, 0.717) is 12.3 Å². The smallest absolute Gasteiger partial charge is 0.277 e. The van der Waals surface area contributed by atoms with Gasteiger partial charge >= 0.3 is 0 Å². The quantitative estimate of drug-likeness (QED) is 0.445. The predicted octanol–water partition coefficient (Wildman–Crippen LogP) is 5.13. The van der Waals surface area contributed by atoms with Gasteiger partial charge in [-0.2, -0.15) is 5.10 Å². The van der Waals surface area contributed by atoms with Gasteiger partial charge < -0.3 is 10.1 Å². The first-order valence-corrected chi connectivity index (χ1v) is 9.23. The molecule has 1 aromatic heterocycles. The summed E-state index contributed by atoms with van der Waals surface area (Å²) in [5.74, 6) is 0.203. The van der Waals surface area contributed by atoms with Crippen LogP contribution in [-0.2, 0) is 6.54 Å². The number of benzene rings is 2. The zero-order chi connectivity index (χ0) is 21.1. The van der Waals surface area contributed by atoms with Crippen LogP contribution in [0.15, 0.2) is 42.6 Å². The minimum Gasteiger partial charge on any atom is -0.457 e. The van der Waals surface area contributed by atoms with Crippen molar-refractivity contribution in [3.05, 3.63) is 74.6 Å². The number of non-ortho nitro benzene ring substituents is 1. The lowest BCUT2D eigenvalue weighted by atomic mass is 10.1. The molecule has 2 aromatic carbocycles. The zero-order valence-electron chi connectivity index (χ0n) is 16.1. The molecule has 8 nitrogen and oxygen atoms in total. The summed E-state index contributed by atoms with van der Waals surface area (Å²) in [6.45, 7) is 6.27. The first-order valence-electron chi connectivity index (χ1n) is 8.85. The summed E-state index contributed by atoms with van der Waals surface area (Å²) in [6, 6.07) is 9.68. The molecular formula is C20H19ClN4O4. The van der Waals surface area contributed by atoms with Crippen LogP contribution in [0.1, 0.15) is 28.5 Å². The van der Waals surface area contributed by atoms with E-state index in [2.05, 4.69) is 10.4 Å². The van der Waals surface area contributed by atoms with Crippen LogP contribution in [-0.4, -0.2) is 20.6 Å². The van der Waals surface area contributed by atoms with Crippen molar-refractivity contribution in [3.63, 3.8) is 0 Å². The fourth-order valence-electron chi connectivity index (χ4n) is 2.85. The molecule has 1 amide bonds. The number of aromatic nitrogens is 2. The molecule has 0 radical (unpaired) electrons. The Balaban J connectivity index is 1.91. The van der Waals surface area contributed by atoms with Crippen molar-refractivity contribution >= 4 is 28.9 Å². The average molecular weight is 415 g/mol. The number of amides is 1. The summed E-state index contributed by atoms with van der Waals surface area (Å²) in [5.41, 5.74) is 2.02. The van der Waals surface area contributed by atoms with Crippen LogP contribution in [0.2, 0.25) is 5.02 Å². The maximum Gasteiger partial charge on any atom is 0.277 e. The molecule has 3 rings (SSSR count). The first-order chi connectivity index (χ1) is 13.7. The number of rotatable bonds is 6. The van der Waals surface area contributed by atoms with Gasteiger partial charge in [0.1, 0.15) is 11.5 Å². The van der Waals surface area contributed by atoms with Gasteiger partial charge in [0.05, 0.1) is 21.7 Å². The van der Waals surface area contributed by atoms with Crippen molar-refractivity contribution in [2.75, 3.05) is 5.32 Å². The fraction of sp³-hybridized carbons (Fsp3) is 0.200. The lowest BCUT2D eigenvalue weighted by molar-refractivity contribution is -0.384. The fourth-order valence-corrected chi connectivity index (χ4v) is 3.09.